The van der Waals surface area contributed by atoms with Crippen LogP contribution in [0.5, 0.6) is 0 Å². The first-order valence-corrected chi connectivity index (χ1v) is 8.02. The van der Waals surface area contributed by atoms with E-state index in [4.69, 9.17) is 4.74 Å². The van der Waals surface area contributed by atoms with E-state index in [-0.39, 0.29) is 12.5 Å². The first-order chi connectivity index (χ1) is 11.6. The number of hydrogen-bond donors (Lipinski definition) is 1. The summed E-state index contributed by atoms with van der Waals surface area (Å²) in [6, 6.07) is 12.7. The second-order valence-corrected chi connectivity index (χ2v) is 6.22. The highest BCUT2D eigenvalue weighted by Crippen LogP contribution is 2.43. The molecule has 3 heterocycles. The van der Waals surface area contributed by atoms with Gasteiger partial charge < -0.3 is 19.3 Å². The summed E-state index contributed by atoms with van der Waals surface area (Å²) in [5.74, 6) is -0.788. The SMILES string of the molecule is O=C1c2cccn2[C@@H](O)[C@]2(C(=O)OCc3ccccc3)CCCN12. The minimum atomic E-state index is -1.34. The van der Waals surface area contributed by atoms with Crippen molar-refractivity contribution in [2.45, 2.75) is 31.2 Å². The van der Waals surface area contributed by atoms with Crippen molar-refractivity contribution in [1.29, 1.82) is 0 Å². The molecule has 1 N–H and O–H groups in total. The summed E-state index contributed by atoms with van der Waals surface area (Å²) >= 11 is 0. The number of rotatable bonds is 3. The third-order valence-electron chi connectivity index (χ3n) is 4.92. The van der Waals surface area contributed by atoms with Crippen molar-refractivity contribution in [2.24, 2.45) is 0 Å². The van der Waals surface area contributed by atoms with Crippen LogP contribution in [0.4, 0.5) is 0 Å². The molecule has 124 valence electrons. The molecule has 0 unspecified atom stereocenters. The van der Waals surface area contributed by atoms with Gasteiger partial charge in [0, 0.05) is 12.7 Å². The summed E-state index contributed by atoms with van der Waals surface area (Å²) < 4.78 is 6.94. The van der Waals surface area contributed by atoms with Crippen LogP contribution in [0, 0.1) is 0 Å². The Morgan fingerprint density at radius 1 is 1.25 bits per heavy atom. The lowest BCUT2D eigenvalue weighted by molar-refractivity contribution is -0.170. The van der Waals surface area contributed by atoms with Gasteiger partial charge in [-0.2, -0.15) is 0 Å². The van der Waals surface area contributed by atoms with Crippen molar-refractivity contribution in [3.63, 3.8) is 0 Å². The van der Waals surface area contributed by atoms with E-state index in [1.807, 2.05) is 30.3 Å². The highest BCUT2D eigenvalue weighted by Gasteiger charge is 2.60. The molecule has 2 aromatic rings. The number of aliphatic hydroxyl groups is 1. The second kappa shape index (κ2) is 5.49. The average molecular weight is 326 g/mol. The van der Waals surface area contributed by atoms with Gasteiger partial charge in [-0.25, -0.2) is 4.79 Å². The lowest BCUT2D eigenvalue weighted by Crippen LogP contribution is -2.62. The molecule has 1 aromatic heterocycles. The molecular weight excluding hydrogens is 308 g/mol. The number of carbonyl (C=O) groups is 2. The van der Waals surface area contributed by atoms with Gasteiger partial charge in [0.05, 0.1) is 0 Å². The van der Waals surface area contributed by atoms with Crippen LogP contribution < -0.4 is 0 Å². The van der Waals surface area contributed by atoms with Crippen molar-refractivity contribution in [2.75, 3.05) is 6.54 Å². The van der Waals surface area contributed by atoms with Gasteiger partial charge in [0.25, 0.3) is 5.91 Å². The molecule has 0 aliphatic carbocycles. The zero-order chi connectivity index (χ0) is 16.7. The zero-order valence-electron chi connectivity index (χ0n) is 13.1. The summed E-state index contributed by atoms with van der Waals surface area (Å²) in [7, 11) is 0. The third-order valence-corrected chi connectivity index (χ3v) is 4.92. The second-order valence-electron chi connectivity index (χ2n) is 6.22. The van der Waals surface area contributed by atoms with Gasteiger partial charge in [-0.15, -0.1) is 0 Å². The van der Waals surface area contributed by atoms with Gasteiger partial charge in [-0.05, 0) is 30.5 Å². The first kappa shape index (κ1) is 15.0. The molecule has 6 heteroatoms. The largest absolute Gasteiger partial charge is 0.459 e. The summed E-state index contributed by atoms with van der Waals surface area (Å²) in [6.07, 6.45) is 1.55. The molecule has 2 aliphatic heterocycles. The lowest BCUT2D eigenvalue weighted by atomic mass is 9.91. The summed E-state index contributed by atoms with van der Waals surface area (Å²) in [5.41, 5.74) is -0.0707. The molecule has 0 bridgehead atoms. The minimum Gasteiger partial charge on any atom is -0.459 e. The average Bonchev–Trinajstić information content (AvgIpc) is 3.26. The van der Waals surface area contributed by atoms with Crippen LogP contribution in [0.15, 0.2) is 48.7 Å². The topological polar surface area (TPSA) is 71.8 Å². The van der Waals surface area contributed by atoms with Gasteiger partial charge >= 0.3 is 5.97 Å². The first-order valence-electron chi connectivity index (χ1n) is 8.02. The monoisotopic (exact) mass is 326 g/mol. The maximum absolute atomic E-state index is 12.9. The van der Waals surface area contributed by atoms with Gasteiger partial charge in [0.15, 0.2) is 11.8 Å². The fourth-order valence-corrected chi connectivity index (χ4v) is 3.71. The fourth-order valence-electron chi connectivity index (χ4n) is 3.71. The number of amides is 1. The lowest BCUT2D eigenvalue weighted by Gasteiger charge is -2.44. The quantitative estimate of drug-likeness (QED) is 0.872. The molecule has 1 fully saturated rings. The highest BCUT2D eigenvalue weighted by molar-refractivity contribution is 5.99. The number of carbonyl (C=O) groups excluding carboxylic acids is 2. The molecule has 0 saturated carbocycles. The molecule has 0 spiro atoms. The van der Waals surface area contributed by atoms with Crippen LogP contribution in [-0.4, -0.2) is 38.5 Å². The van der Waals surface area contributed by atoms with Crippen LogP contribution in [-0.2, 0) is 16.1 Å². The number of aliphatic hydroxyl groups excluding tert-OH is 1. The number of hydrogen-bond acceptors (Lipinski definition) is 4. The number of fused-ring (bicyclic) bond motifs is 2. The van der Waals surface area contributed by atoms with Crippen molar-refractivity contribution >= 4 is 11.9 Å². The van der Waals surface area contributed by atoms with Gasteiger partial charge in [0.1, 0.15) is 12.3 Å². The van der Waals surface area contributed by atoms with E-state index in [2.05, 4.69) is 0 Å². The summed E-state index contributed by atoms with van der Waals surface area (Å²) in [5, 5.41) is 10.8. The zero-order valence-corrected chi connectivity index (χ0v) is 13.1. The molecule has 2 atom stereocenters. The Labute approximate surface area is 139 Å². The fraction of sp³-hybridized carbons (Fsp3) is 0.333. The van der Waals surface area contributed by atoms with E-state index in [1.54, 1.807) is 18.3 Å². The smallest absolute Gasteiger partial charge is 0.337 e. The summed E-state index contributed by atoms with van der Waals surface area (Å²) in [4.78, 5) is 27.0. The van der Waals surface area contributed by atoms with E-state index in [1.165, 1.54) is 9.47 Å². The summed E-state index contributed by atoms with van der Waals surface area (Å²) in [6.45, 7) is 0.566. The van der Waals surface area contributed by atoms with Gasteiger partial charge in [-0.1, -0.05) is 30.3 Å². The maximum atomic E-state index is 12.9. The Morgan fingerprint density at radius 3 is 2.83 bits per heavy atom. The van der Waals surface area contributed by atoms with Crippen molar-refractivity contribution in [3.8, 4) is 0 Å². The minimum absolute atomic E-state index is 0.120. The normalized spacial score (nSPS) is 25.3. The predicted octanol–water partition coefficient (Wildman–Crippen LogP) is 1.71. The van der Waals surface area contributed by atoms with E-state index < -0.39 is 17.7 Å². The molecule has 1 saturated heterocycles. The molecular formula is C18H18N2O4. The number of benzene rings is 1. The standard InChI is InChI=1S/C18H18N2O4/c21-15-14-8-4-10-19(14)16(22)18(9-5-11-20(15)18)17(23)24-12-13-6-2-1-3-7-13/h1-4,6-8,10,16,22H,5,9,11-12H2/t16-,18-/m0/s1. The highest BCUT2D eigenvalue weighted by atomic mass is 16.5. The predicted molar refractivity (Wildman–Crippen MR) is 84.9 cm³/mol. The van der Waals surface area contributed by atoms with Gasteiger partial charge in [-0.3, -0.25) is 4.79 Å². The molecule has 0 radical (unpaired) electrons. The van der Waals surface area contributed by atoms with E-state index in [0.717, 1.165) is 5.56 Å². The van der Waals surface area contributed by atoms with Crippen LogP contribution in [0.1, 0.15) is 35.1 Å². The molecule has 4 rings (SSSR count). The van der Waals surface area contributed by atoms with Crippen LogP contribution in [0.25, 0.3) is 0 Å². The Balaban J connectivity index is 1.64. The van der Waals surface area contributed by atoms with Crippen molar-refractivity contribution in [1.82, 2.24) is 9.47 Å². The van der Waals surface area contributed by atoms with Crippen LogP contribution >= 0.6 is 0 Å². The Kier molecular flexibility index (Phi) is 3.42. The Hall–Kier alpha value is -2.60. The van der Waals surface area contributed by atoms with E-state index in [0.29, 0.717) is 25.1 Å². The number of aromatic nitrogens is 1. The molecule has 2 aliphatic rings. The maximum Gasteiger partial charge on any atom is 0.337 e. The van der Waals surface area contributed by atoms with Gasteiger partial charge in [0.2, 0.25) is 0 Å². The van der Waals surface area contributed by atoms with Crippen molar-refractivity contribution in [3.05, 3.63) is 59.9 Å². The Morgan fingerprint density at radius 2 is 2.04 bits per heavy atom. The molecule has 1 aromatic carbocycles. The number of nitrogens with zero attached hydrogens (tertiary/aromatic N) is 2. The van der Waals surface area contributed by atoms with E-state index in [9.17, 15) is 14.7 Å². The van der Waals surface area contributed by atoms with E-state index >= 15 is 0 Å². The van der Waals surface area contributed by atoms with Crippen LogP contribution in [0.2, 0.25) is 0 Å². The molecule has 6 nitrogen and oxygen atoms in total. The molecule has 1 amide bonds. The number of esters is 1. The van der Waals surface area contributed by atoms with Crippen molar-refractivity contribution < 1.29 is 19.4 Å². The molecule has 24 heavy (non-hydrogen) atoms. The number of ether oxygens (including phenoxy) is 1. The van der Waals surface area contributed by atoms with Crippen LogP contribution in [0.3, 0.4) is 0 Å². The third kappa shape index (κ3) is 1.99. The Bertz CT molecular complexity index is 785.